The molecule has 0 amide bonds. The molecule has 1 N–H and O–H groups in total. The van der Waals surface area contributed by atoms with Gasteiger partial charge < -0.3 is 14.5 Å². The summed E-state index contributed by atoms with van der Waals surface area (Å²) in [5.41, 5.74) is -0.391. The lowest BCUT2D eigenvalue weighted by Crippen LogP contribution is -2.20. The van der Waals surface area contributed by atoms with Crippen molar-refractivity contribution < 1.29 is 14.3 Å². The van der Waals surface area contributed by atoms with Crippen LogP contribution < -0.4 is 15.0 Å². The van der Waals surface area contributed by atoms with Gasteiger partial charge in [-0.3, -0.25) is 4.79 Å². The quantitative estimate of drug-likeness (QED) is 0.690. The largest absolute Gasteiger partial charge is 0.490 e. The molecule has 0 unspecified atom stereocenters. The number of benzene rings is 1. The maximum Gasteiger partial charge on any atom is 0.349 e. The molecule has 0 saturated carbocycles. The van der Waals surface area contributed by atoms with Gasteiger partial charge in [0.15, 0.2) is 0 Å². The number of rotatable bonds is 4. The van der Waals surface area contributed by atoms with Gasteiger partial charge in [0.1, 0.15) is 23.1 Å². The van der Waals surface area contributed by atoms with Crippen molar-refractivity contribution in [3.8, 4) is 17.6 Å². The van der Waals surface area contributed by atoms with E-state index in [1.165, 1.54) is 30.5 Å². The molecule has 0 aliphatic heterocycles. The summed E-state index contributed by atoms with van der Waals surface area (Å²) in [5, 5.41) is 9.13. The van der Waals surface area contributed by atoms with Crippen molar-refractivity contribution in [2.75, 3.05) is 0 Å². The van der Waals surface area contributed by atoms with Crippen LogP contribution >= 0.6 is 0 Å². The van der Waals surface area contributed by atoms with Gasteiger partial charge in [-0.25, -0.2) is 4.79 Å². The van der Waals surface area contributed by atoms with Gasteiger partial charge >= 0.3 is 5.97 Å². The van der Waals surface area contributed by atoms with Gasteiger partial charge in [-0.15, -0.1) is 0 Å². The second-order valence-electron chi connectivity index (χ2n) is 4.74. The van der Waals surface area contributed by atoms with Crippen LogP contribution in [0.2, 0.25) is 0 Å². The normalized spacial score (nSPS) is 10.1. The predicted octanol–water partition coefficient (Wildman–Crippen LogP) is 2.25. The molecule has 0 fully saturated rings. The van der Waals surface area contributed by atoms with Gasteiger partial charge in [-0.05, 0) is 38.1 Å². The zero-order valence-electron chi connectivity index (χ0n) is 12.1. The fourth-order valence-corrected chi connectivity index (χ4v) is 1.76. The van der Waals surface area contributed by atoms with Crippen molar-refractivity contribution in [2.45, 2.75) is 20.0 Å². The van der Waals surface area contributed by atoms with E-state index < -0.39 is 11.5 Å². The highest BCUT2D eigenvalue weighted by atomic mass is 16.5. The van der Waals surface area contributed by atoms with E-state index in [9.17, 15) is 9.59 Å². The van der Waals surface area contributed by atoms with Gasteiger partial charge in [-0.1, -0.05) is 0 Å². The van der Waals surface area contributed by atoms with E-state index >= 15 is 0 Å². The lowest BCUT2D eigenvalue weighted by atomic mass is 10.2. The molecule has 22 heavy (non-hydrogen) atoms. The van der Waals surface area contributed by atoms with Crippen LogP contribution in [0.15, 0.2) is 41.3 Å². The summed E-state index contributed by atoms with van der Waals surface area (Å²) >= 11 is 0. The minimum atomic E-state index is -0.789. The number of nitrogens with zero attached hydrogens (tertiary/aromatic N) is 1. The zero-order chi connectivity index (χ0) is 16.1. The third-order valence-electron chi connectivity index (χ3n) is 2.68. The summed E-state index contributed by atoms with van der Waals surface area (Å²) in [6.07, 6.45) is 1.34. The van der Waals surface area contributed by atoms with Crippen LogP contribution in [0.1, 0.15) is 29.8 Å². The number of esters is 1. The van der Waals surface area contributed by atoms with Gasteiger partial charge in [0.25, 0.3) is 5.56 Å². The van der Waals surface area contributed by atoms with E-state index in [1.807, 2.05) is 19.9 Å². The number of hydrogen-bond acceptors (Lipinski definition) is 5. The molecule has 0 aliphatic rings. The van der Waals surface area contributed by atoms with E-state index in [0.717, 1.165) is 0 Å². The standard InChI is InChI=1S/C16H14N2O4/c1-10(2)21-14-6-5-12(8-11(14)9-17)22-16(20)13-4-3-7-18-15(13)19/h3-8,10H,1-2H3,(H,18,19). The number of hydrogen-bond donors (Lipinski definition) is 1. The molecular weight excluding hydrogens is 284 g/mol. The third-order valence-corrected chi connectivity index (χ3v) is 2.68. The predicted molar refractivity (Wildman–Crippen MR) is 78.9 cm³/mol. The summed E-state index contributed by atoms with van der Waals surface area (Å²) < 4.78 is 10.6. The molecule has 0 spiro atoms. The Kier molecular flexibility index (Phi) is 4.59. The number of nitriles is 1. The van der Waals surface area contributed by atoms with Gasteiger partial charge in [0, 0.05) is 12.3 Å². The van der Waals surface area contributed by atoms with Crippen molar-refractivity contribution in [3.63, 3.8) is 0 Å². The lowest BCUT2D eigenvalue weighted by Gasteiger charge is -2.12. The molecule has 0 bridgehead atoms. The molecule has 2 rings (SSSR count). The summed E-state index contributed by atoms with van der Waals surface area (Å²) in [4.78, 5) is 25.9. The van der Waals surface area contributed by atoms with E-state index in [0.29, 0.717) is 5.75 Å². The molecule has 6 heteroatoms. The first-order valence-electron chi connectivity index (χ1n) is 6.62. The Morgan fingerprint density at radius 3 is 2.73 bits per heavy atom. The number of nitrogens with one attached hydrogen (secondary N) is 1. The van der Waals surface area contributed by atoms with E-state index in [-0.39, 0.29) is 23.0 Å². The zero-order valence-corrected chi connectivity index (χ0v) is 12.1. The molecule has 112 valence electrons. The Labute approximate surface area is 126 Å². The Bertz CT molecular complexity index is 787. The smallest absolute Gasteiger partial charge is 0.349 e. The molecule has 0 saturated heterocycles. The van der Waals surface area contributed by atoms with Crippen molar-refractivity contribution in [1.29, 1.82) is 5.26 Å². The van der Waals surface area contributed by atoms with Crippen LogP contribution in [0.4, 0.5) is 0 Å². The van der Waals surface area contributed by atoms with E-state index in [1.54, 1.807) is 6.07 Å². The van der Waals surface area contributed by atoms with Crippen LogP contribution in [-0.2, 0) is 0 Å². The average Bonchev–Trinajstić information content (AvgIpc) is 2.48. The van der Waals surface area contributed by atoms with Crippen LogP contribution in [0.3, 0.4) is 0 Å². The van der Waals surface area contributed by atoms with Crippen molar-refractivity contribution in [2.24, 2.45) is 0 Å². The van der Waals surface area contributed by atoms with Crippen LogP contribution in [0.25, 0.3) is 0 Å². The van der Waals surface area contributed by atoms with Crippen LogP contribution in [-0.4, -0.2) is 17.1 Å². The van der Waals surface area contributed by atoms with Gasteiger partial charge in [0.05, 0.1) is 11.7 Å². The minimum absolute atomic E-state index is 0.0802. The fourth-order valence-electron chi connectivity index (χ4n) is 1.76. The molecular formula is C16H14N2O4. The summed E-state index contributed by atoms with van der Waals surface area (Å²) in [6, 6.07) is 9.33. The molecule has 0 radical (unpaired) electrons. The molecule has 6 nitrogen and oxygen atoms in total. The van der Waals surface area contributed by atoms with Crippen molar-refractivity contribution >= 4 is 5.97 Å². The number of pyridine rings is 1. The number of carbonyl (C=O) groups is 1. The number of aromatic nitrogens is 1. The summed E-state index contributed by atoms with van der Waals surface area (Å²) in [5.74, 6) is -0.209. The van der Waals surface area contributed by atoms with Gasteiger partial charge in [-0.2, -0.15) is 5.26 Å². The maximum absolute atomic E-state index is 11.9. The average molecular weight is 298 g/mol. The highest BCUT2D eigenvalue weighted by molar-refractivity contribution is 5.90. The highest BCUT2D eigenvalue weighted by Crippen LogP contribution is 2.25. The first kappa shape index (κ1) is 15.3. The molecule has 0 aliphatic carbocycles. The molecule has 1 aromatic carbocycles. The summed E-state index contributed by atoms with van der Waals surface area (Å²) in [6.45, 7) is 3.69. The first-order valence-corrected chi connectivity index (χ1v) is 6.62. The lowest BCUT2D eigenvalue weighted by molar-refractivity contribution is 0.0732. The van der Waals surface area contributed by atoms with E-state index in [2.05, 4.69) is 4.98 Å². The van der Waals surface area contributed by atoms with Crippen molar-refractivity contribution in [3.05, 3.63) is 58.0 Å². The Hall–Kier alpha value is -3.07. The minimum Gasteiger partial charge on any atom is -0.490 e. The topological polar surface area (TPSA) is 92.2 Å². The maximum atomic E-state index is 11.9. The molecule has 1 aromatic heterocycles. The van der Waals surface area contributed by atoms with Gasteiger partial charge in [0.2, 0.25) is 0 Å². The monoisotopic (exact) mass is 298 g/mol. The first-order chi connectivity index (χ1) is 10.5. The third kappa shape index (κ3) is 3.52. The Balaban J connectivity index is 2.24. The number of ether oxygens (including phenoxy) is 2. The van der Waals surface area contributed by atoms with Crippen LogP contribution in [0, 0.1) is 11.3 Å². The highest BCUT2D eigenvalue weighted by Gasteiger charge is 2.14. The van der Waals surface area contributed by atoms with E-state index in [4.69, 9.17) is 14.7 Å². The Morgan fingerprint density at radius 2 is 2.09 bits per heavy atom. The summed E-state index contributed by atoms with van der Waals surface area (Å²) in [7, 11) is 0. The Morgan fingerprint density at radius 1 is 1.32 bits per heavy atom. The van der Waals surface area contributed by atoms with Crippen molar-refractivity contribution in [1.82, 2.24) is 4.98 Å². The van der Waals surface area contributed by atoms with Crippen LogP contribution in [0.5, 0.6) is 11.5 Å². The number of aromatic amines is 1. The SMILES string of the molecule is CC(C)Oc1ccc(OC(=O)c2ccc[nH]c2=O)cc1C#N. The molecule has 0 atom stereocenters. The fraction of sp³-hybridized carbons (Fsp3) is 0.188. The molecule has 2 aromatic rings. The molecule has 1 heterocycles. The number of carbonyl (C=O) groups excluding carboxylic acids is 1. The second-order valence-corrected chi connectivity index (χ2v) is 4.74. The second kappa shape index (κ2) is 6.59. The number of H-pyrrole nitrogens is 1.